The van der Waals surface area contributed by atoms with Crippen molar-refractivity contribution in [3.05, 3.63) is 81.8 Å². The lowest BCUT2D eigenvalue weighted by Gasteiger charge is -2.11. The van der Waals surface area contributed by atoms with Crippen LogP contribution in [-0.2, 0) is 0 Å². The number of nitrogens with one attached hydrogen (secondary N) is 2. The summed E-state index contributed by atoms with van der Waals surface area (Å²) < 4.78 is 5.96. The Kier molecular flexibility index (Phi) is 6.98. The summed E-state index contributed by atoms with van der Waals surface area (Å²) in [7, 11) is 0. The molecule has 4 aromatic rings. The SMILES string of the molecule is CC[C@@H](C)c1ccc2oc(-c3cccc(NC(=S)NC(=O)c4cccc(Cl)c4Cl)c3)nc2c1. The summed E-state index contributed by atoms with van der Waals surface area (Å²) >= 11 is 17.4. The molecule has 8 heteroatoms. The van der Waals surface area contributed by atoms with Crippen LogP contribution in [0, 0.1) is 0 Å². The fourth-order valence-corrected chi connectivity index (χ4v) is 3.95. The molecule has 2 N–H and O–H groups in total. The maximum Gasteiger partial charge on any atom is 0.258 e. The van der Waals surface area contributed by atoms with E-state index in [2.05, 4.69) is 41.6 Å². The van der Waals surface area contributed by atoms with Crippen molar-refractivity contribution in [1.82, 2.24) is 10.3 Å². The molecule has 0 saturated heterocycles. The number of carbonyl (C=O) groups is 1. The lowest BCUT2D eigenvalue weighted by Crippen LogP contribution is -2.34. The Morgan fingerprint density at radius 3 is 2.70 bits per heavy atom. The molecular formula is C25H21Cl2N3O2S. The second-order valence-electron chi connectivity index (χ2n) is 7.65. The lowest BCUT2D eigenvalue weighted by molar-refractivity contribution is 0.0978. The van der Waals surface area contributed by atoms with Gasteiger partial charge >= 0.3 is 0 Å². The summed E-state index contributed by atoms with van der Waals surface area (Å²) in [6.07, 6.45) is 1.06. The van der Waals surface area contributed by atoms with Crippen LogP contribution in [0.25, 0.3) is 22.6 Å². The van der Waals surface area contributed by atoms with Gasteiger partial charge in [-0.3, -0.25) is 10.1 Å². The smallest absolute Gasteiger partial charge is 0.258 e. The van der Waals surface area contributed by atoms with Crippen LogP contribution < -0.4 is 10.6 Å². The first-order chi connectivity index (χ1) is 15.9. The van der Waals surface area contributed by atoms with Gasteiger partial charge in [-0.05, 0) is 72.6 Å². The van der Waals surface area contributed by atoms with E-state index in [-0.39, 0.29) is 15.7 Å². The number of carbonyl (C=O) groups excluding carboxylic acids is 1. The van der Waals surface area contributed by atoms with Crippen molar-refractivity contribution in [3.8, 4) is 11.5 Å². The zero-order valence-corrected chi connectivity index (χ0v) is 20.3. The molecule has 0 aliphatic rings. The third kappa shape index (κ3) is 5.19. The summed E-state index contributed by atoms with van der Waals surface area (Å²) in [5, 5.41) is 6.22. The number of thiocarbonyl (C=S) groups is 1. The molecule has 1 amide bonds. The predicted molar refractivity (Wildman–Crippen MR) is 138 cm³/mol. The molecule has 0 aliphatic carbocycles. The van der Waals surface area contributed by atoms with Crippen molar-refractivity contribution in [2.24, 2.45) is 0 Å². The maximum atomic E-state index is 12.5. The molecule has 33 heavy (non-hydrogen) atoms. The highest BCUT2D eigenvalue weighted by molar-refractivity contribution is 7.80. The molecule has 0 unspecified atom stereocenters. The van der Waals surface area contributed by atoms with Crippen molar-refractivity contribution < 1.29 is 9.21 Å². The van der Waals surface area contributed by atoms with E-state index in [9.17, 15) is 4.79 Å². The molecule has 168 valence electrons. The van der Waals surface area contributed by atoms with Crippen LogP contribution in [0.5, 0.6) is 0 Å². The molecule has 0 bridgehead atoms. The number of hydrogen-bond donors (Lipinski definition) is 2. The Morgan fingerprint density at radius 2 is 1.91 bits per heavy atom. The predicted octanol–water partition coefficient (Wildman–Crippen LogP) is 7.44. The minimum absolute atomic E-state index is 0.129. The number of rotatable bonds is 5. The zero-order valence-electron chi connectivity index (χ0n) is 18.0. The molecule has 5 nitrogen and oxygen atoms in total. The van der Waals surface area contributed by atoms with Gasteiger partial charge in [0.25, 0.3) is 5.91 Å². The number of fused-ring (bicyclic) bond motifs is 1. The topological polar surface area (TPSA) is 67.2 Å². The Morgan fingerprint density at radius 1 is 1.12 bits per heavy atom. The quantitative estimate of drug-likeness (QED) is 0.280. The van der Waals surface area contributed by atoms with E-state index in [0.717, 1.165) is 23.1 Å². The standard InChI is InChI=1S/C25H21Cl2N3O2S/c1-3-14(2)15-10-11-21-20(13-15)29-24(32-21)16-6-4-7-17(12-16)28-25(33)30-23(31)18-8-5-9-19(26)22(18)27/h4-14H,3H2,1-2H3,(H2,28,30,31,33)/t14-/m1/s1. The molecule has 1 aromatic heterocycles. The summed E-state index contributed by atoms with van der Waals surface area (Å²) in [6, 6.07) is 18.4. The van der Waals surface area contributed by atoms with Gasteiger partial charge in [0, 0.05) is 11.3 Å². The third-order valence-corrected chi connectivity index (χ3v) is 6.41. The van der Waals surface area contributed by atoms with Gasteiger partial charge in [-0.25, -0.2) is 4.98 Å². The van der Waals surface area contributed by atoms with Gasteiger partial charge in [-0.2, -0.15) is 0 Å². The fourth-order valence-electron chi connectivity index (χ4n) is 3.35. The lowest BCUT2D eigenvalue weighted by atomic mass is 9.98. The highest BCUT2D eigenvalue weighted by Gasteiger charge is 2.15. The van der Waals surface area contributed by atoms with Crippen molar-refractivity contribution >= 4 is 63.2 Å². The minimum atomic E-state index is -0.452. The van der Waals surface area contributed by atoms with Crippen LogP contribution in [-0.4, -0.2) is 16.0 Å². The van der Waals surface area contributed by atoms with E-state index in [4.69, 9.17) is 39.8 Å². The highest BCUT2D eigenvalue weighted by atomic mass is 35.5. The summed E-state index contributed by atoms with van der Waals surface area (Å²) in [5.41, 5.74) is 4.50. The molecule has 3 aromatic carbocycles. The Balaban J connectivity index is 1.50. The molecule has 0 radical (unpaired) electrons. The second kappa shape index (κ2) is 9.91. The molecule has 0 spiro atoms. The number of nitrogens with zero attached hydrogens (tertiary/aromatic N) is 1. The second-order valence-corrected chi connectivity index (χ2v) is 8.84. The average Bonchev–Trinajstić information content (AvgIpc) is 3.24. The van der Waals surface area contributed by atoms with Crippen LogP contribution in [0.3, 0.4) is 0 Å². The monoisotopic (exact) mass is 497 g/mol. The van der Waals surface area contributed by atoms with Gasteiger partial charge in [0.15, 0.2) is 10.7 Å². The fraction of sp³-hybridized carbons (Fsp3) is 0.160. The first-order valence-corrected chi connectivity index (χ1v) is 11.6. The average molecular weight is 498 g/mol. The van der Waals surface area contributed by atoms with E-state index in [1.54, 1.807) is 18.2 Å². The van der Waals surface area contributed by atoms with E-state index < -0.39 is 5.91 Å². The number of aromatic nitrogens is 1. The van der Waals surface area contributed by atoms with Crippen LogP contribution in [0.15, 0.2) is 65.1 Å². The normalized spacial score (nSPS) is 11.9. The molecule has 1 heterocycles. The van der Waals surface area contributed by atoms with Crippen LogP contribution in [0.2, 0.25) is 10.0 Å². The van der Waals surface area contributed by atoms with Crippen molar-refractivity contribution in [3.63, 3.8) is 0 Å². The van der Waals surface area contributed by atoms with Gasteiger partial charge in [0.2, 0.25) is 5.89 Å². The molecule has 0 fully saturated rings. The van der Waals surface area contributed by atoms with Gasteiger partial charge in [-0.1, -0.05) is 55.2 Å². The number of anilines is 1. The van der Waals surface area contributed by atoms with E-state index in [0.29, 0.717) is 22.5 Å². The zero-order chi connectivity index (χ0) is 23.5. The minimum Gasteiger partial charge on any atom is -0.436 e. The van der Waals surface area contributed by atoms with Crippen LogP contribution in [0.1, 0.15) is 42.1 Å². The Hall–Kier alpha value is -2.93. The maximum absolute atomic E-state index is 12.5. The molecular weight excluding hydrogens is 477 g/mol. The summed E-state index contributed by atoms with van der Waals surface area (Å²) in [5.74, 6) is 0.517. The number of oxazole rings is 1. The van der Waals surface area contributed by atoms with Crippen molar-refractivity contribution in [2.45, 2.75) is 26.2 Å². The summed E-state index contributed by atoms with van der Waals surface area (Å²) in [4.78, 5) is 17.2. The van der Waals surface area contributed by atoms with Crippen molar-refractivity contribution in [1.29, 1.82) is 0 Å². The van der Waals surface area contributed by atoms with Gasteiger partial charge in [-0.15, -0.1) is 0 Å². The van der Waals surface area contributed by atoms with E-state index in [1.807, 2.05) is 30.3 Å². The first kappa shape index (κ1) is 23.2. The van der Waals surface area contributed by atoms with E-state index >= 15 is 0 Å². The largest absolute Gasteiger partial charge is 0.436 e. The molecule has 4 rings (SSSR count). The first-order valence-electron chi connectivity index (χ1n) is 10.4. The van der Waals surface area contributed by atoms with Crippen molar-refractivity contribution in [2.75, 3.05) is 5.32 Å². The summed E-state index contributed by atoms with van der Waals surface area (Å²) in [6.45, 7) is 4.36. The molecule has 0 aliphatic heterocycles. The molecule has 1 atom stereocenters. The number of hydrogen-bond acceptors (Lipinski definition) is 4. The van der Waals surface area contributed by atoms with Gasteiger partial charge < -0.3 is 9.73 Å². The Bertz CT molecular complexity index is 1350. The number of benzene rings is 3. The van der Waals surface area contributed by atoms with E-state index in [1.165, 1.54) is 5.56 Å². The number of halogens is 2. The van der Waals surface area contributed by atoms with Crippen LogP contribution >= 0.6 is 35.4 Å². The third-order valence-electron chi connectivity index (χ3n) is 5.38. The van der Waals surface area contributed by atoms with Crippen LogP contribution in [0.4, 0.5) is 5.69 Å². The Labute approximate surface area is 207 Å². The number of amides is 1. The van der Waals surface area contributed by atoms with Gasteiger partial charge in [0.05, 0.1) is 15.6 Å². The van der Waals surface area contributed by atoms with Gasteiger partial charge in [0.1, 0.15) is 5.52 Å². The highest BCUT2D eigenvalue weighted by Crippen LogP contribution is 2.29. The molecule has 0 saturated carbocycles.